The summed E-state index contributed by atoms with van der Waals surface area (Å²) >= 11 is 6.27. The van der Waals surface area contributed by atoms with E-state index in [1.807, 2.05) is 0 Å². The van der Waals surface area contributed by atoms with Gasteiger partial charge in [-0.1, -0.05) is 22.8 Å². The normalized spacial score (nSPS) is 18.8. The lowest BCUT2D eigenvalue weighted by atomic mass is 10.0. The number of likely N-dealkylation sites (tertiary alicyclic amines) is 1. The molecule has 1 N–H and O–H groups in total. The number of rotatable bonds is 6. The molecule has 4 rings (SSSR count). The lowest BCUT2D eigenvalue weighted by Crippen LogP contribution is -2.37. The Morgan fingerprint density at radius 2 is 2.15 bits per heavy atom. The van der Waals surface area contributed by atoms with Gasteiger partial charge in [0.05, 0.1) is 6.04 Å². The van der Waals surface area contributed by atoms with E-state index in [2.05, 4.69) is 15.4 Å². The van der Waals surface area contributed by atoms with E-state index in [-0.39, 0.29) is 30.0 Å². The molecule has 7 heteroatoms. The molecule has 138 valence electrons. The third-order valence-corrected chi connectivity index (χ3v) is 5.44. The van der Waals surface area contributed by atoms with Gasteiger partial charge in [0.1, 0.15) is 11.6 Å². The lowest BCUT2D eigenvalue weighted by molar-refractivity contribution is 0.0928. The summed E-state index contributed by atoms with van der Waals surface area (Å²) in [5, 5.41) is 7.12. The smallest absolute Gasteiger partial charge is 0.273 e. The van der Waals surface area contributed by atoms with Gasteiger partial charge in [0, 0.05) is 29.1 Å². The van der Waals surface area contributed by atoms with Gasteiger partial charge in [-0.3, -0.25) is 9.69 Å². The number of aromatic nitrogens is 1. The molecule has 0 bridgehead atoms. The van der Waals surface area contributed by atoms with Crippen LogP contribution in [0.25, 0.3) is 0 Å². The highest BCUT2D eigenvalue weighted by molar-refractivity contribution is 6.31. The Kier molecular flexibility index (Phi) is 4.96. The molecule has 1 aliphatic carbocycles. The average Bonchev–Trinajstić information content (AvgIpc) is 3.12. The molecule has 1 aromatic carbocycles. The van der Waals surface area contributed by atoms with Gasteiger partial charge in [0.25, 0.3) is 5.91 Å². The maximum atomic E-state index is 14.4. The first-order valence-corrected chi connectivity index (χ1v) is 9.44. The van der Waals surface area contributed by atoms with Crippen molar-refractivity contribution in [2.45, 2.75) is 37.6 Å². The molecule has 2 aliphatic rings. The van der Waals surface area contributed by atoms with Crippen LogP contribution in [0, 0.1) is 5.82 Å². The molecule has 2 heterocycles. The second-order valence-corrected chi connectivity index (χ2v) is 7.40. The molecule has 1 unspecified atom stereocenters. The van der Waals surface area contributed by atoms with Crippen LogP contribution in [0.4, 0.5) is 4.39 Å². The number of halogens is 2. The minimum Gasteiger partial charge on any atom is -0.360 e. The van der Waals surface area contributed by atoms with E-state index in [9.17, 15) is 9.18 Å². The zero-order valence-corrected chi connectivity index (χ0v) is 15.1. The maximum Gasteiger partial charge on any atom is 0.273 e. The van der Waals surface area contributed by atoms with Crippen LogP contribution < -0.4 is 5.32 Å². The molecule has 5 nitrogen and oxygen atoms in total. The number of benzene rings is 1. The van der Waals surface area contributed by atoms with Crippen LogP contribution in [0.1, 0.15) is 59.5 Å². The van der Waals surface area contributed by atoms with Crippen LogP contribution >= 0.6 is 11.6 Å². The van der Waals surface area contributed by atoms with Crippen molar-refractivity contribution in [2.75, 3.05) is 19.6 Å². The largest absolute Gasteiger partial charge is 0.360 e. The molecule has 2 fully saturated rings. The third kappa shape index (κ3) is 3.62. The summed E-state index contributed by atoms with van der Waals surface area (Å²) in [7, 11) is 0. The Morgan fingerprint density at radius 1 is 1.38 bits per heavy atom. The molecule has 1 atom stereocenters. The highest BCUT2D eigenvalue weighted by Gasteiger charge is 2.30. The third-order valence-electron chi connectivity index (χ3n) is 5.11. The monoisotopic (exact) mass is 377 g/mol. The van der Waals surface area contributed by atoms with Gasteiger partial charge in [-0.25, -0.2) is 4.39 Å². The van der Waals surface area contributed by atoms with E-state index in [0.717, 1.165) is 44.5 Å². The van der Waals surface area contributed by atoms with E-state index in [1.54, 1.807) is 18.2 Å². The minimum absolute atomic E-state index is 0.269. The zero-order chi connectivity index (χ0) is 18.1. The molecule has 1 saturated heterocycles. The van der Waals surface area contributed by atoms with Crippen molar-refractivity contribution < 1.29 is 13.7 Å². The second-order valence-electron chi connectivity index (χ2n) is 6.99. The van der Waals surface area contributed by atoms with Crippen molar-refractivity contribution in [1.29, 1.82) is 0 Å². The highest BCUT2D eigenvalue weighted by atomic mass is 35.5. The molecular formula is C19H21ClFN3O2. The Morgan fingerprint density at radius 3 is 2.85 bits per heavy atom. The number of nitrogens with zero attached hydrogens (tertiary/aromatic N) is 2. The first kappa shape index (κ1) is 17.5. The molecule has 1 aromatic heterocycles. The maximum absolute atomic E-state index is 14.4. The first-order valence-electron chi connectivity index (χ1n) is 9.06. The van der Waals surface area contributed by atoms with Gasteiger partial charge in [-0.05, 0) is 50.9 Å². The summed E-state index contributed by atoms with van der Waals surface area (Å²) in [6, 6.07) is 6.09. The average molecular weight is 378 g/mol. The number of carbonyl (C=O) groups excluding carboxylic acids is 1. The Bertz CT molecular complexity index is 780. The molecule has 1 saturated carbocycles. The number of nitrogens with one attached hydrogen (secondary N) is 1. The van der Waals surface area contributed by atoms with Gasteiger partial charge in [-0.2, -0.15) is 0 Å². The van der Waals surface area contributed by atoms with Gasteiger partial charge in [0.15, 0.2) is 5.69 Å². The molecule has 26 heavy (non-hydrogen) atoms. The van der Waals surface area contributed by atoms with Gasteiger partial charge < -0.3 is 9.84 Å². The van der Waals surface area contributed by atoms with Crippen molar-refractivity contribution >= 4 is 17.5 Å². The standard InChI is InChI=1S/C19H21ClFN3O2/c20-13-4-3-5-14(21)18(13)16(24-8-1-2-9-24)11-22-19(25)15-10-17(26-23-15)12-6-7-12/h3-5,10,12,16H,1-2,6-9,11H2,(H,22,25). The SMILES string of the molecule is O=C(NCC(c1c(F)cccc1Cl)N1CCCC1)c1cc(C2CC2)on1. The van der Waals surface area contributed by atoms with E-state index < -0.39 is 0 Å². The number of carbonyl (C=O) groups is 1. The van der Waals surface area contributed by atoms with E-state index in [1.165, 1.54) is 6.07 Å². The highest BCUT2D eigenvalue weighted by Crippen LogP contribution is 2.40. The molecule has 1 aliphatic heterocycles. The summed E-state index contributed by atoms with van der Waals surface area (Å²) in [6.07, 6.45) is 4.28. The fraction of sp³-hybridized carbons (Fsp3) is 0.474. The van der Waals surface area contributed by atoms with Crippen molar-refractivity contribution in [3.8, 4) is 0 Å². The summed E-state index contributed by atoms with van der Waals surface area (Å²) in [5.41, 5.74) is 0.710. The van der Waals surface area contributed by atoms with Crippen LogP contribution in [0.5, 0.6) is 0 Å². The first-order chi connectivity index (χ1) is 12.6. The summed E-state index contributed by atoms with van der Waals surface area (Å²) < 4.78 is 19.7. The molecule has 1 amide bonds. The Hall–Kier alpha value is -1.92. The van der Waals surface area contributed by atoms with Gasteiger partial charge in [-0.15, -0.1) is 0 Å². The zero-order valence-electron chi connectivity index (χ0n) is 14.4. The number of hydrogen-bond donors (Lipinski definition) is 1. The predicted octanol–water partition coefficient (Wildman–Crippen LogP) is 3.91. The van der Waals surface area contributed by atoms with Gasteiger partial charge >= 0.3 is 0 Å². The fourth-order valence-corrected chi connectivity index (χ4v) is 3.82. The van der Waals surface area contributed by atoms with E-state index >= 15 is 0 Å². The second kappa shape index (κ2) is 7.37. The molecule has 2 aromatic rings. The Balaban J connectivity index is 1.50. The van der Waals surface area contributed by atoms with E-state index in [4.69, 9.17) is 16.1 Å². The summed E-state index contributed by atoms with van der Waals surface area (Å²) in [5.74, 6) is 0.514. The van der Waals surface area contributed by atoms with Crippen LogP contribution in [0.3, 0.4) is 0 Å². The van der Waals surface area contributed by atoms with Crippen molar-refractivity contribution in [1.82, 2.24) is 15.4 Å². The quantitative estimate of drug-likeness (QED) is 0.829. The van der Waals surface area contributed by atoms with Crippen molar-refractivity contribution in [2.24, 2.45) is 0 Å². The number of amides is 1. The van der Waals surface area contributed by atoms with E-state index in [0.29, 0.717) is 16.5 Å². The topological polar surface area (TPSA) is 58.4 Å². The summed E-state index contributed by atoms with van der Waals surface area (Å²) in [4.78, 5) is 14.6. The van der Waals surface area contributed by atoms with Crippen molar-refractivity contribution in [3.63, 3.8) is 0 Å². The minimum atomic E-state index is -0.346. The van der Waals surface area contributed by atoms with Crippen molar-refractivity contribution in [3.05, 3.63) is 52.1 Å². The number of hydrogen-bond acceptors (Lipinski definition) is 4. The molecule has 0 radical (unpaired) electrons. The molecular weight excluding hydrogens is 357 g/mol. The fourth-order valence-electron chi connectivity index (χ4n) is 3.53. The van der Waals surface area contributed by atoms with Crippen LogP contribution in [-0.4, -0.2) is 35.6 Å². The lowest BCUT2D eigenvalue weighted by Gasteiger charge is -2.29. The molecule has 0 spiro atoms. The van der Waals surface area contributed by atoms with Gasteiger partial charge in [0.2, 0.25) is 0 Å². The summed E-state index contributed by atoms with van der Waals surface area (Å²) in [6.45, 7) is 1.99. The van der Waals surface area contributed by atoms with Crippen LogP contribution in [-0.2, 0) is 0 Å². The van der Waals surface area contributed by atoms with Crippen LogP contribution in [0.2, 0.25) is 5.02 Å². The van der Waals surface area contributed by atoms with Crippen LogP contribution in [0.15, 0.2) is 28.8 Å². The Labute approximate surface area is 156 Å². The predicted molar refractivity (Wildman–Crippen MR) is 95.8 cm³/mol.